The fraction of sp³-hybridized carbons (Fsp3) is 0.714. The Balaban J connectivity index is 2.17. The maximum Gasteiger partial charge on any atom is 0.349 e. The maximum absolute atomic E-state index is 14.2. The van der Waals surface area contributed by atoms with Crippen molar-refractivity contribution in [2.24, 2.45) is 5.92 Å². The predicted molar refractivity (Wildman–Crippen MR) is 75.8 cm³/mol. The number of anilines is 1. The van der Waals surface area contributed by atoms with Crippen LogP contribution in [0.5, 0.6) is 0 Å². The van der Waals surface area contributed by atoms with E-state index in [0.29, 0.717) is 12.4 Å². The lowest BCUT2D eigenvalue weighted by molar-refractivity contribution is -0.0378. The first-order valence-corrected chi connectivity index (χ1v) is 7.10. The van der Waals surface area contributed by atoms with Crippen molar-refractivity contribution in [2.75, 3.05) is 19.0 Å². The minimum absolute atomic E-state index is 0.0111. The molecule has 0 aromatic carbocycles. The zero-order valence-corrected chi connectivity index (χ0v) is 12.5. The summed E-state index contributed by atoms with van der Waals surface area (Å²) in [6.45, 7) is 4.03. The number of aromatic nitrogens is 2. The van der Waals surface area contributed by atoms with Crippen LogP contribution in [0.4, 0.5) is 14.6 Å². The molecule has 0 spiro atoms. The highest BCUT2D eigenvalue weighted by Gasteiger charge is 2.50. The van der Waals surface area contributed by atoms with Gasteiger partial charge in [0, 0.05) is 19.7 Å². The predicted octanol–water partition coefficient (Wildman–Crippen LogP) is 2.30. The summed E-state index contributed by atoms with van der Waals surface area (Å²) in [5.74, 6) is -2.79. The largest absolute Gasteiger partial charge is 0.379 e. The highest BCUT2D eigenvalue weighted by atomic mass is 19.3. The Morgan fingerprint density at radius 3 is 2.86 bits per heavy atom. The summed E-state index contributed by atoms with van der Waals surface area (Å²) < 4.78 is 34.8. The van der Waals surface area contributed by atoms with Crippen molar-refractivity contribution in [3.05, 3.63) is 22.7 Å². The molecular formula is C14H21F2N3O2. The Kier molecular flexibility index (Phi) is 4.61. The van der Waals surface area contributed by atoms with Crippen LogP contribution in [-0.2, 0) is 4.74 Å². The highest BCUT2D eigenvalue weighted by Crippen LogP contribution is 2.46. The van der Waals surface area contributed by atoms with E-state index in [0.717, 1.165) is 4.57 Å². The first kappa shape index (κ1) is 15.9. The molecule has 1 aliphatic rings. The van der Waals surface area contributed by atoms with Crippen LogP contribution in [0, 0.1) is 5.92 Å². The number of alkyl halides is 2. The Morgan fingerprint density at radius 1 is 1.57 bits per heavy atom. The van der Waals surface area contributed by atoms with E-state index in [-0.39, 0.29) is 24.9 Å². The topological polar surface area (TPSA) is 56.2 Å². The van der Waals surface area contributed by atoms with Crippen LogP contribution >= 0.6 is 0 Å². The molecule has 2 rings (SSSR count). The highest BCUT2D eigenvalue weighted by molar-refractivity contribution is 5.30. The van der Waals surface area contributed by atoms with Crippen molar-refractivity contribution >= 4 is 5.82 Å². The smallest absolute Gasteiger partial charge is 0.349 e. The van der Waals surface area contributed by atoms with E-state index < -0.39 is 17.7 Å². The second kappa shape index (κ2) is 6.09. The van der Waals surface area contributed by atoms with Crippen molar-refractivity contribution in [3.63, 3.8) is 0 Å². The van der Waals surface area contributed by atoms with Crippen molar-refractivity contribution < 1.29 is 13.5 Å². The van der Waals surface area contributed by atoms with E-state index in [4.69, 9.17) is 4.74 Å². The lowest BCUT2D eigenvalue weighted by Gasteiger charge is -2.20. The average Bonchev–Trinajstić information content (AvgIpc) is 2.71. The van der Waals surface area contributed by atoms with Crippen LogP contribution in [0.25, 0.3) is 0 Å². The minimum atomic E-state index is -2.92. The second-order valence-corrected chi connectivity index (χ2v) is 5.72. The standard InChI is InChI=1S/C14H21F2N3O2/c1-9(2)21-8-10-6-11(14(15,16)7-10)19-5-4-12(17-3)18-13(19)20/h4-5,9-11H,6-8H2,1-3H3,(H,17,18,20). The molecule has 7 heteroatoms. The van der Waals surface area contributed by atoms with Crippen LogP contribution in [-0.4, -0.2) is 35.2 Å². The minimum Gasteiger partial charge on any atom is -0.379 e. The molecule has 0 amide bonds. The molecule has 1 aliphatic carbocycles. The van der Waals surface area contributed by atoms with Gasteiger partial charge in [-0.15, -0.1) is 0 Å². The van der Waals surface area contributed by atoms with E-state index in [1.165, 1.54) is 12.3 Å². The lowest BCUT2D eigenvalue weighted by atomic mass is 10.1. The molecule has 21 heavy (non-hydrogen) atoms. The van der Waals surface area contributed by atoms with Crippen LogP contribution < -0.4 is 11.0 Å². The number of nitrogens with zero attached hydrogens (tertiary/aromatic N) is 2. The molecule has 2 unspecified atom stereocenters. The fourth-order valence-electron chi connectivity index (χ4n) is 2.65. The molecule has 1 saturated carbocycles. The van der Waals surface area contributed by atoms with Gasteiger partial charge in [0.25, 0.3) is 5.92 Å². The molecule has 1 aromatic rings. The van der Waals surface area contributed by atoms with Crippen molar-refractivity contribution in [1.82, 2.24) is 9.55 Å². The van der Waals surface area contributed by atoms with E-state index in [1.54, 1.807) is 7.05 Å². The average molecular weight is 301 g/mol. The first-order chi connectivity index (χ1) is 9.83. The van der Waals surface area contributed by atoms with Gasteiger partial charge in [-0.05, 0) is 32.3 Å². The van der Waals surface area contributed by atoms with Crippen molar-refractivity contribution in [1.29, 1.82) is 0 Å². The van der Waals surface area contributed by atoms with Crippen LogP contribution in [0.3, 0.4) is 0 Å². The number of hydrogen-bond acceptors (Lipinski definition) is 4. The molecule has 1 N–H and O–H groups in total. The number of hydrogen-bond donors (Lipinski definition) is 1. The summed E-state index contributed by atoms with van der Waals surface area (Å²) in [5, 5.41) is 2.72. The van der Waals surface area contributed by atoms with E-state index in [2.05, 4.69) is 10.3 Å². The molecule has 2 atom stereocenters. The van der Waals surface area contributed by atoms with Gasteiger partial charge in [0.1, 0.15) is 11.9 Å². The summed E-state index contributed by atoms with van der Waals surface area (Å²) in [6.07, 6.45) is 1.35. The molecular weight excluding hydrogens is 280 g/mol. The van der Waals surface area contributed by atoms with Crippen molar-refractivity contribution in [3.8, 4) is 0 Å². The monoisotopic (exact) mass is 301 g/mol. The third kappa shape index (κ3) is 3.58. The van der Waals surface area contributed by atoms with Gasteiger partial charge < -0.3 is 10.1 Å². The van der Waals surface area contributed by atoms with E-state index in [1.807, 2.05) is 13.8 Å². The molecule has 1 heterocycles. The molecule has 118 valence electrons. The third-order valence-corrected chi connectivity index (χ3v) is 3.69. The molecule has 0 radical (unpaired) electrons. The van der Waals surface area contributed by atoms with Gasteiger partial charge in [-0.2, -0.15) is 4.98 Å². The van der Waals surface area contributed by atoms with Gasteiger partial charge in [-0.3, -0.25) is 4.57 Å². The molecule has 0 aliphatic heterocycles. The molecule has 0 bridgehead atoms. The Hall–Kier alpha value is -1.50. The first-order valence-electron chi connectivity index (χ1n) is 7.10. The maximum atomic E-state index is 14.2. The van der Waals surface area contributed by atoms with E-state index in [9.17, 15) is 13.6 Å². The normalized spacial score (nSPS) is 24.5. The summed E-state index contributed by atoms with van der Waals surface area (Å²) in [5.41, 5.74) is -0.656. The van der Waals surface area contributed by atoms with Gasteiger partial charge in [0.15, 0.2) is 0 Å². The molecule has 5 nitrogen and oxygen atoms in total. The fourth-order valence-corrected chi connectivity index (χ4v) is 2.65. The van der Waals surface area contributed by atoms with Crippen molar-refractivity contribution in [2.45, 2.75) is 44.8 Å². The Bertz CT molecular complexity index is 545. The zero-order chi connectivity index (χ0) is 15.6. The molecule has 1 aromatic heterocycles. The number of nitrogens with one attached hydrogen (secondary N) is 1. The quantitative estimate of drug-likeness (QED) is 0.906. The Labute approximate surface area is 122 Å². The SMILES string of the molecule is CNc1ccn(C2CC(COC(C)C)CC2(F)F)c(=O)n1. The second-order valence-electron chi connectivity index (χ2n) is 5.72. The van der Waals surface area contributed by atoms with Gasteiger partial charge in [0.05, 0.1) is 12.7 Å². The lowest BCUT2D eigenvalue weighted by Crippen LogP contribution is -2.34. The van der Waals surface area contributed by atoms with Crippen LogP contribution in [0.2, 0.25) is 0 Å². The summed E-state index contributed by atoms with van der Waals surface area (Å²) in [4.78, 5) is 15.6. The summed E-state index contributed by atoms with van der Waals surface area (Å²) in [6, 6.07) is 0.374. The Morgan fingerprint density at radius 2 is 2.29 bits per heavy atom. The van der Waals surface area contributed by atoms with Gasteiger partial charge in [-0.25, -0.2) is 13.6 Å². The molecule has 0 saturated heterocycles. The number of ether oxygens (including phenoxy) is 1. The van der Waals surface area contributed by atoms with Gasteiger partial charge >= 0.3 is 5.69 Å². The zero-order valence-electron chi connectivity index (χ0n) is 12.5. The van der Waals surface area contributed by atoms with Crippen LogP contribution in [0.1, 0.15) is 32.7 Å². The van der Waals surface area contributed by atoms with Crippen LogP contribution in [0.15, 0.2) is 17.1 Å². The summed E-state index contributed by atoms with van der Waals surface area (Å²) in [7, 11) is 1.62. The third-order valence-electron chi connectivity index (χ3n) is 3.69. The molecule has 1 fully saturated rings. The van der Waals surface area contributed by atoms with Gasteiger partial charge in [-0.1, -0.05) is 0 Å². The van der Waals surface area contributed by atoms with E-state index >= 15 is 0 Å². The number of halogens is 2. The summed E-state index contributed by atoms with van der Waals surface area (Å²) >= 11 is 0. The number of rotatable bonds is 5. The van der Waals surface area contributed by atoms with Gasteiger partial charge in [0.2, 0.25) is 0 Å².